The van der Waals surface area contributed by atoms with Crippen LogP contribution >= 0.6 is 11.6 Å². The van der Waals surface area contributed by atoms with Crippen molar-refractivity contribution >= 4 is 17.5 Å². The van der Waals surface area contributed by atoms with E-state index < -0.39 is 0 Å². The van der Waals surface area contributed by atoms with Crippen molar-refractivity contribution in [2.24, 2.45) is 0 Å². The third kappa shape index (κ3) is 2.62. The Balaban J connectivity index is 1.76. The number of pyridine rings is 1. The number of nitrogens with one attached hydrogen (secondary N) is 2. The molecule has 6 nitrogen and oxygen atoms in total. The third-order valence-electron chi connectivity index (χ3n) is 3.69. The van der Waals surface area contributed by atoms with E-state index >= 15 is 0 Å². The summed E-state index contributed by atoms with van der Waals surface area (Å²) in [6.07, 6.45) is 5.52. The first-order valence-electron chi connectivity index (χ1n) is 6.72. The third-order valence-corrected chi connectivity index (χ3v) is 3.99. The Morgan fingerprint density at radius 2 is 2.20 bits per heavy atom. The van der Waals surface area contributed by atoms with Gasteiger partial charge in [-0.2, -0.15) is 4.98 Å². The Labute approximate surface area is 122 Å². The van der Waals surface area contributed by atoms with Gasteiger partial charge in [0, 0.05) is 37.1 Å². The second kappa shape index (κ2) is 5.76. The molecule has 1 saturated heterocycles. The predicted molar refractivity (Wildman–Crippen MR) is 78.9 cm³/mol. The first kappa shape index (κ1) is 13.3. The molecule has 0 spiro atoms. The summed E-state index contributed by atoms with van der Waals surface area (Å²) in [5.74, 6) is 1.42. The zero-order valence-corrected chi connectivity index (χ0v) is 12.1. The molecule has 0 radical (unpaired) electrons. The van der Waals surface area contributed by atoms with Crippen LogP contribution < -0.4 is 10.2 Å². The second-order valence-electron chi connectivity index (χ2n) is 4.89. The van der Waals surface area contributed by atoms with Gasteiger partial charge >= 0.3 is 0 Å². The Bertz CT molecular complexity index is 576. The number of halogens is 1. The predicted octanol–water partition coefficient (Wildman–Crippen LogP) is 1.71. The molecule has 0 unspecified atom stereocenters. The highest BCUT2D eigenvalue weighted by Gasteiger charge is 2.21. The van der Waals surface area contributed by atoms with Gasteiger partial charge in [0.2, 0.25) is 5.95 Å². The van der Waals surface area contributed by atoms with Gasteiger partial charge in [-0.05, 0) is 26.0 Å². The van der Waals surface area contributed by atoms with Crippen molar-refractivity contribution in [3.8, 4) is 11.4 Å². The molecule has 20 heavy (non-hydrogen) atoms. The maximum Gasteiger partial charge on any atom is 0.245 e. The minimum absolute atomic E-state index is 0.573. The highest BCUT2D eigenvalue weighted by atomic mass is 35.5. The van der Waals surface area contributed by atoms with E-state index in [1.54, 1.807) is 12.4 Å². The SMILES string of the molecule is CNC1CCN(c2n[nH]c(-c3ccncc3Cl)n2)CC1. The molecular weight excluding hydrogens is 276 g/mol. The van der Waals surface area contributed by atoms with Crippen LogP contribution in [0.4, 0.5) is 5.95 Å². The Hall–Kier alpha value is -1.66. The van der Waals surface area contributed by atoms with Crippen molar-refractivity contribution < 1.29 is 0 Å². The summed E-state index contributed by atoms with van der Waals surface area (Å²) in [7, 11) is 2.01. The minimum atomic E-state index is 0.573. The van der Waals surface area contributed by atoms with E-state index in [-0.39, 0.29) is 0 Å². The molecule has 1 aliphatic rings. The first-order chi connectivity index (χ1) is 9.78. The molecule has 2 N–H and O–H groups in total. The number of piperidine rings is 1. The van der Waals surface area contributed by atoms with E-state index in [0.29, 0.717) is 16.9 Å². The fraction of sp³-hybridized carbons (Fsp3) is 0.462. The summed E-state index contributed by atoms with van der Waals surface area (Å²) in [6, 6.07) is 2.43. The summed E-state index contributed by atoms with van der Waals surface area (Å²) in [5, 5.41) is 11.1. The molecular formula is C13H17ClN6. The van der Waals surface area contributed by atoms with Crippen LogP contribution in [0.3, 0.4) is 0 Å². The molecule has 3 rings (SSSR count). The van der Waals surface area contributed by atoms with E-state index in [2.05, 4.69) is 30.4 Å². The van der Waals surface area contributed by atoms with E-state index in [0.717, 1.165) is 37.4 Å². The van der Waals surface area contributed by atoms with Crippen LogP contribution in [0.2, 0.25) is 5.02 Å². The molecule has 3 heterocycles. The molecule has 0 amide bonds. The standard InChI is InChI=1S/C13H17ClN6/c1-15-9-3-6-20(7-4-9)13-17-12(18-19-13)10-2-5-16-8-11(10)14/h2,5,8-9,15H,3-4,6-7H2,1H3,(H,17,18,19). The fourth-order valence-corrected chi connectivity index (χ4v) is 2.66. The van der Waals surface area contributed by atoms with E-state index in [9.17, 15) is 0 Å². The van der Waals surface area contributed by atoms with Crippen molar-refractivity contribution in [1.29, 1.82) is 0 Å². The number of aromatic nitrogens is 4. The minimum Gasteiger partial charge on any atom is -0.339 e. The van der Waals surface area contributed by atoms with Crippen LogP contribution in [0, 0.1) is 0 Å². The molecule has 1 aliphatic heterocycles. The number of anilines is 1. The summed E-state index contributed by atoms with van der Waals surface area (Å²) < 4.78 is 0. The van der Waals surface area contributed by atoms with Crippen molar-refractivity contribution in [2.75, 3.05) is 25.0 Å². The van der Waals surface area contributed by atoms with Crippen LogP contribution in [0.25, 0.3) is 11.4 Å². The van der Waals surface area contributed by atoms with Crippen LogP contribution in [-0.2, 0) is 0 Å². The monoisotopic (exact) mass is 292 g/mol. The summed E-state index contributed by atoms with van der Waals surface area (Å²) >= 11 is 6.12. The van der Waals surface area contributed by atoms with Gasteiger partial charge in [0.15, 0.2) is 5.82 Å². The Morgan fingerprint density at radius 3 is 2.90 bits per heavy atom. The number of rotatable bonds is 3. The van der Waals surface area contributed by atoms with Crippen LogP contribution in [0.15, 0.2) is 18.5 Å². The normalized spacial score (nSPS) is 16.6. The molecule has 2 aromatic rings. The van der Waals surface area contributed by atoms with Gasteiger partial charge in [-0.25, -0.2) is 0 Å². The highest BCUT2D eigenvalue weighted by molar-refractivity contribution is 6.33. The van der Waals surface area contributed by atoms with Crippen LogP contribution in [0.1, 0.15) is 12.8 Å². The quantitative estimate of drug-likeness (QED) is 0.901. The van der Waals surface area contributed by atoms with E-state index in [1.165, 1.54) is 0 Å². The lowest BCUT2D eigenvalue weighted by Crippen LogP contribution is -2.41. The van der Waals surface area contributed by atoms with E-state index in [4.69, 9.17) is 11.6 Å². The lowest BCUT2D eigenvalue weighted by atomic mass is 10.1. The topological polar surface area (TPSA) is 69.7 Å². The van der Waals surface area contributed by atoms with Crippen molar-refractivity contribution in [3.63, 3.8) is 0 Å². The molecule has 0 atom stereocenters. The van der Waals surface area contributed by atoms with Crippen LogP contribution in [0.5, 0.6) is 0 Å². The Kier molecular flexibility index (Phi) is 3.84. The van der Waals surface area contributed by atoms with Crippen molar-refractivity contribution in [1.82, 2.24) is 25.5 Å². The van der Waals surface area contributed by atoms with Gasteiger partial charge in [0.05, 0.1) is 5.02 Å². The van der Waals surface area contributed by atoms with Crippen molar-refractivity contribution in [2.45, 2.75) is 18.9 Å². The first-order valence-corrected chi connectivity index (χ1v) is 7.10. The molecule has 0 saturated carbocycles. The van der Waals surface area contributed by atoms with Gasteiger partial charge in [0.1, 0.15) is 0 Å². The molecule has 0 bridgehead atoms. The number of hydrogen-bond acceptors (Lipinski definition) is 5. The fourth-order valence-electron chi connectivity index (χ4n) is 2.45. The van der Waals surface area contributed by atoms with Gasteiger partial charge in [-0.1, -0.05) is 11.6 Å². The lowest BCUT2D eigenvalue weighted by Gasteiger charge is -2.30. The van der Waals surface area contributed by atoms with Crippen LogP contribution in [-0.4, -0.2) is 46.3 Å². The average molecular weight is 293 g/mol. The summed E-state index contributed by atoms with van der Waals surface area (Å²) in [6.45, 7) is 1.93. The molecule has 106 valence electrons. The summed E-state index contributed by atoms with van der Waals surface area (Å²) in [5.41, 5.74) is 0.825. The molecule has 0 aliphatic carbocycles. The van der Waals surface area contributed by atoms with Gasteiger partial charge in [0.25, 0.3) is 0 Å². The zero-order chi connectivity index (χ0) is 13.9. The molecule has 0 aromatic carbocycles. The Morgan fingerprint density at radius 1 is 1.40 bits per heavy atom. The second-order valence-corrected chi connectivity index (χ2v) is 5.30. The molecule has 2 aromatic heterocycles. The lowest BCUT2D eigenvalue weighted by molar-refractivity contribution is 0.439. The summed E-state index contributed by atoms with van der Waals surface area (Å²) in [4.78, 5) is 10.7. The van der Waals surface area contributed by atoms with E-state index in [1.807, 2.05) is 13.1 Å². The van der Waals surface area contributed by atoms with Gasteiger partial charge in [-0.3, -0.25) is 10.1 Å². The van der Waals surface area contributed by atoms with Crippen molar-refractivity contribution in [3.05, 3.63) is 23.5 Å². The molecule has 1 fully saturated rings. The maximum absolute atomic E-state index is 6.12. The number of H-pyrrole nitrogens is 1. The average Bonchev–Trinajstić information content (AvgIpc) is 2.97. The molecule has 7 heteroatoms. The number of aromatic amines is 1. The highest BCUT2D eigenvalue weighted by Crippen LogP contribution is 2.25. The number of nitrogens with zero attached hydrogens (tertiary/aromatic N) is 4. The van der Waals surface area contributed by atoms with Gasteiger partial charge in [-0.15, -0.1) is 5.10 Å². The number of hydrogen-bond donors (Lipinski definition) is 2. The largest absolute Gasteiger partial charge is 0.339 e. The smallest absolute Gasteiger partial charge is 0.245 e. The zero-order valence-electron chi connectivity index (χ0n) is 11.3. The van der Waals surface area contributed by atoms with Gasteiger partial charge < -0.3 is 10.2 Å². The maximum atomic E-state index is 6.12.